The molecule has 0 heterocycles. The zero-order valence-electron chi connectivity index (χ0n) is 11.5. The van der Waals surface area contributed by atoms with Crippen molar-refractivity contribution in [3.63, 3.8) is 0 Å². The molecule has 1 aromatic rings. The Bertz CT molecular complexity index is 493. The smallest absolute Gasteiger partial charge is 0.330 e. The van der Waals surface area contributed by atoms with Crippen molar-refractivity contribution < 1.29 is 19.1 Å². The van der Waals surface area contributed by atoms with Crippen LogP contribution in [0.4, 0.5) is 5.69 Å². The van der Waals surface area contributed by atoms with Crippen LogP contribution in [0.25, 0.3) is 0 Å². The fourth-order valence-electron chi connectivity index (χ4n) is 1.56. The number of halogens is 1. The molecule has 0 spiro atoms. The van der Waals surface area contributed by atoms with E-state index >= 15 is 0 Å². The molecule has 110 valence electrons. The number of carbonyl (C=O) groups excluding carboxylic acids is 2. The van der Waals surface area contributed by atoms with Crippen molar-refractivity contribution in [1.82, 2.24) is 5.32 Å². The van der Waals surface area contributed by atoms with Crippen molar-refractivity contribution in [1.29, 1.82) is 0 Å². The van der Waals surface area contributed by atoms with E-state index in [9.17, 15) is 9.59 Å². The van der Waals surface area contributed by atoms with Crippen LogP contribution in [-0.4, -0.2) is 38.7 Å². The van der Waals surface area contributed by atoms with E-state index in [1.165, 1.54) is 14.0 Å². The first kappa shape index (κ1) is 16.3. The van der Waals surface area contributed by atoms with Crippen molar-refractivity contribution in [2.45, 2.75) is 13.0 Å². The molecule has 7 heteroatoms. The van der Waals surface area contributed by atoms with Gasteiger partial charge in [0.05, 0.1) is 19.9 Å². The van der Waals surface area contributed by atoms with E-state index in [-0.39, 0.29) is 12.5 Å². The number of rotatable bonds is 6. The van der Waals surface area contributed by atoms with Gasteiger partial charge in [-0.05, 0) is 28.1 Å². The number of amides is 1. The minimum atomic E-state index is -0.754. The van der Waals surface area contributed by atoms with Crippen LogP contribution in [0, 0.1) is 0 Å². The second-order valence-corrected chi connectivity index (χ2v) is 4.86. The molecular formula is C13H17BrN2O4. The van der Waals surface area contributed by atoms with E-state index in [4.69, 9.17) is 4.74 Å². The summed E-state index contributed by atoms with van der Waals surface area (Å²) in [6.07, 6.45) is 0. The number of methoxy groups -OCH3 is 2. The third kappa shape index (κ3) is 4.73. The summed E-state index contributed by atoms with van der Waals surface area (Å²) in [4.78, 5) is 22.6. The van der Waals surface area contributed by atoms with Gasteiger partial charge in [-0.25, -0.2) is 4.79 Å². The van der Waals surface area contributed by atoms with Gasteiger partial charge >= 0.3 is 5.97 Å². The summed E-state index contributed by atoms with van der Waals surface area (Å²) in [6.45, 7) is 1.55. The number of anilines is 1. The number of benzene rings is 1. The maximum absolute atomic E-state index is 11.6. The highest BCUT2D eigenvalue weighted by molar-refractivity contribution is 9.10. The Morgan fingerprint density at radius 1 is 1.35 bits per heavy atom. The first-order valence-corrected chi connectivity index (χ1v) is 6.69. The lowest BCUT2D eigenvalue weighted by molar-refractivity contribution is -0.144. The minimum Gasteiger partial charge on any atom is -0.497 e. The highest BCUT2D eigenvalue weighted by Gasteiger charge is 2.20. The van der Waals surface area contributed by atoms with Crippen LogP contribution in [0.1, 0.15) is 6.92 Å². The first-order valence-electron chi connectivity index (χ1n) is 5.90. The standard InChI is InChI=1S/C13H17BrN2O4/c1-8(17)16-12(13(18)20-3)7-15-11-6-9(19-2)4-5-10(11)14/h4-6,12,15H,7H2,1-3H3,(H,16,17). The van der Waals surface area contributed by atoms with Gasteiger partial charge in [0, 0.05) is 24.0 Å². The van der Waals surface area contributed by atoms with Gasteiger partial charge in [0.2, 0.25) is 5.91 Å². The van der Waals surface area contributed by atoms with Gasteiger partial charge in [0.1, 0.15) is 11.8 Å². The molecule has 20 heavy (non-hydrogen) atoms. The fourth-order valence-corrected chi connectivity index (χ4v) is 1.95. The molecule has 1 unspecified atom stereocenters. The van der Waals surface area contributed by atoms with Gasteiger partial charge in [-0.1, -0.05) is 0 Å². The largest absolute Gasteiger partial charge is 0.497 e. The predicted molar refractivity (Wildman–Crippen MR) is 78.8 cm³/mol. The molecule has 1 aromatic carbocycles. The Morgan fingerprint density at radius 2 is 2.05 bits per heavy atom. The fraction of sp³-hybridized carbons (Fsp3) is 0.385. The third-order valence-electron chi connectivity index (χ3n) is 2.53. The van der Waals surface area contributed by atoms with E-state index in [1.807, 2.05) is 6.07 Å². The van der Waals surface area contributed by atoms with E-state index in [0.717, 1.165) is 10.2 Å². The molecule has 0 saturated heterocycles. The van der Waals surface area contributed by atoms with Crippen molar-refractivity contribution >= 4 is 33.5 Å². The van der Waals surface area contributed by atoms with Crippen LogP contribution in [0.3, 0.4) is 0 Å². The highest BCUT2D eigenvalue weighted by Crippen LogP contribution is 2.26. The van der Waals surface area contributed by atoms with Gasteiger partial charge in [-0.15, -0.1) is 0 Å². The van der Waals surface area contributed by atoms with Crippen LogP contribution in [0.5, 0.6) is 5.75 Å². The average molecular weight is 345 g/mol. The number of nitrogens with one attached hydrogen (secondary N) is 2. The molecule has 1 rings (SSSR count). The summed E-state index contributed by atoms with van der Waals surface area (Å²) in [6, 6.07) is 4.66. The van der Waals surface area contributed by atoms with Crippen LogP contribution >= 0.6 is 15.9 Å². The van der Waals surface area contributed by atoms with Crippen molar-refractivity contribution in [3.05, 3.63) is 22.7 Å². The molecule has 0 saturated carbocycles. The van der Waals surface area contributed by atoms with Gasteiger partial charge in [-0.2, -0.15) is 0 Å². The molecule has 0 aliphatic carbocycles. The molecule has 0 radical (unpaired) electrons. The van der Waals surface area contributed by atoms with E-state index in [1.54, 1.807) is 19.2 Å². The summed E-state index contributed by atoms with van der Waals surface area (Å²) in [5.41, 5.74) is 0.753. The summed E-state index contributed by atoms with van der Waals surface area (Å²) in [5.74, 6) is -0.122. The molecule has 0 aromatic heterocycles. The molecule has 6 nitrogen and oxygen atoms in total. The van der Waals surface area contributed by atoms with Gasteiger partial charge in [0.25, 0.3) is 0 Å². The Balaban J connectivity index is 2.76. The van der Waals surface area contributed by atoms with E-state index < -0.39 is 12.0 Å². The normalized spacial score (nSPS) is 11.4. The Labute approximate surface area is 126 Å². The molecular weight excluding hydrogens is 328 g/mol. The Kier molecular flexibility index (Phi) is 6.30. The van der Waals surface area contributed by atoms with Crippen LogP contribution in [-0.2, 0) is 14.3 Å². The van der Waals surface area contributed by atoms with Crippen molar-refractivity contribution in [2.75, 3.05) is 26.1 Å². The van der Waals surface area contributed by atoms with Crippen molar-refractivity contribution in [2.24, 2.45) is 0 Å². The molecule has 0 aliphatic rings. The van der Waals surface area contributed by atoms with Crippen molar-refractivity contribution in [3.8, 4) is 5.75 Å². The van der Waals surface area contributed by atoms with Crippen LogP contribution < -0.4 is 15.4 Å². The number of carbonyl (C=O) groups is 2. The zero-order chi connectivity index (χ0) is 15.1. The van der Waals surface area contributed by atoms with Crippen LogP contribution in [0.2, 0.25) is 0 Å². The lowest BCUT2D eigenvalue weighted by Crippen LogP contribution is -2.45. The number of hydrogen-bond acceptors (Lipinski definition) is 5. The second kappa shape index (κ2) is 7.74. The molecule has 0 bridgehead atoms. The minimum absolute atomic E-state index is 0.206. The topological polar surface area (TPSA) is 76.7 Å². The lowest BCUT2D eigenvalue weighted by atomic mass is 10.2. The highest BCUT2D eigenvalue weighted by atomic mass is 79.9. The molecule has 2 N–H and O–H groups in total. The quantitative estimate of drug-likeness (QED) is 0.765. The lowest BCUT2D eigenvalue weighted by Gasteiger charge is -2.17. The monoisotopic (exact) mass is 344 g/mol. The second-order valence-electron chi connectivity index (χ2n) is 4.00. The Morgan fingerprint density at radius 3 is 2.60 bits per heavy atom. The molecule has 1 atom stereocenters. The summed E-state index contributed by atoms with van der Waals surface area (Å²) < 4.78 is 10.6. The number of hydrogen-bond donors (Lipinski definition) is 2. The third-order valence-corrected chi connectivity index (χ3v) is 3.22. The van der Waals surface area contributed by atoms with E-state index in [2.05, 4.69) is 31.3 Å². The first-order chi connectivity index (χ1) is 9.47. The maximum atomic E-state index is 11.6. The number of ether oxygens (including phenoxy) is 2. The predicted octanol–water partition coefficient (Wildman–Crippen LogP) is 1.55. The molecule has 0 fully saturated rings. The van der Waals surface area contributed by atoms with Gasteiger partial charge in [-0.3, -0.25) is 4.79 Å². The van der Waals surface area contributed by atoms with Gasteiger partial charge < -0.3 is 20.1 Å². The van der Waals surface area contributed by atoms with E-state index in [0.29, 0.717) is 5.75 Å². The molecule has 0 aliphatic heterocycles. The summed E-state index contributed by atoms with van der Waals surface area (Å²) >= 11 is 3.39. The average Bonchev–Trinajstić information content (AvgIpc) is 2.43. The maximum Gasteiger partial charge on any atom is 0.330 e. The summed E-state index contributed by atoms with van der Waals surface area (Å²) in [7, 11) is 2.85. The van der Waals surface area contributed by atoms with Gasteiger partial charge in [0.15, 0.2) is 0 Å². The Hall–Kier alpha value is -1.76. The zero-order valence-corrected chi connectivity index (χ0v) is 13.1. The summed E-state index contributed by atoms with van der Waals surface area (Å²) in [5, 5.41) is 5.59. The molecule has 1 amide bonds. The SMILES string of the molecule is COC(=O)C(CNc1cc(OC)ccc1Br)NC(C)=O. The number of esters is 1. The van der Waals surface area contributed by atoms with Crippen LogP contribution in [0.15, 0.2) is 22.7 Å².